The molecule has 0 aliphatic heterocycles. The van der Waals surface area contributed by atoms with Gasteiger partial charge in [0.25, 0.3) is 0 Å². The van der Waals surface area contributed by atoms with Crippen molar-refractivity contribution in [3.63, 3.8) is 0 Å². The molecule has 0 aromatic heterocycles. The predicted octanol–water partition coefficient (Wildman–Crippen LogP) is 4.47. The van der Waals surface area contributed by atoms with Crippen LogP contribution in [0, 0.1) is 16.7 Å². The van der Waals surface area contributed by atoms with Gasteiger partial charge in [0.2, 0.25) is 0 Å². The first kappa shape index (κ1) is 14.5. The van der Waals surface area contributed by atoms with E-state index < -0.39 is 0 Å². The van der Waals surface area contributed by atoms with Crippen LogP contribution >= 0.6 is 0 Å². The minimum Gasteiger partial charge on any atom is -0.492 e. The van der Waals surface area contributed by atoms with E-state index in [0.29, 0.717) is 6.61 Å². The number of nitrogens with one attached hydrogen (secondary N) is 1. The maximum Gasteiger partial charge on any atom is 0.119 e. The highest BCUT2D eigenvalue weighted by Gasteiger charge is 2.38. The second-order valence-corrected chi connectivity index (χ2v) is 5.89. The van der Waals surface area contributed by atoms with Gasteiger partial charge >= 0.3 is 0 Å². The zero-order valence-electron chi connectivity index (χ0n) is 12.8. The van der Waals surface area contributed by atoms with Gasteiger partial charge in [-0.15, -0.1) is 0 Å². The molecule has 2 aromatic rings. The average Bonchev–Trinajstić information content (AvgIpc) is 2.55. The second-order valence-electron chi connectivity index (χ2n) is 5.89. The van der Waals surface area contributed by atoms with E-state index >= 15 is 0 Å². The molecule has 0 bridgehead atoms. The van der Waals surface area contributed by atoms with Crippen LogP contribution in [0.25, 0.3) is 11.1 Å². The van der Waals surface area contributed by atoms with E-state index in [1.165, 1.54) is 0 Å². The van der Waals surface area contributed by atoms with E-state index in [2.05, 4.69) is 29.6 Å². The number of hydrogen-bond acceptors (Lipinski definition) is 3. The van der Waals surface area contributed by atoms with E-state index in [0.717, 1.165) is 41.8 Å². The smallest absolute Gasteiger partial charge is 0.119 e. The van der Waals surface area contributed by atoms with Gasteiger partial charge in [-0.3, -0.25) is 0 Å². The van der Waals surface area contributed by atoms with E-state index in [-0.39, 0.29) is 5.41 Å². The Bertz CT molecular complexity index is 699. The molecule has 112 valence electrons. The van der Waals surface area contributed by atoms with Gasteiger partial charge in [-0.2, -0.15) is 5.26 Å². The molecule has 0 radical (unpaired) electrons. The van der Waals surface area contributed by atoms with E-state index in [1.54, 1.807) is 0 Å². The van der Waals surface area contributed by atoms with Crippen LogP contribution in [0.15, 0.2) is 48.5 Å². The summed E-state index contributed by atoms with van der Waals surface area (Å²) in [5.74, 6) is 0.828. The van der Waals surface area contributed by atoms with Gasteiger partial charge in [0, 0.05) is 12.7 Å². The van der Waals surface area contributed by atoms with Gasteiger partial charge in [0.05, 0.1) is 11.5 Å². The van der Waals surface area contributed by atoms with Gasteiger partial charge in [0.1, 0.15) is 12.4 Å². The van der Waals surface area contributed by atoms with E-state index in [9.17, 15) is 5.26 Å². The Kier molecular flexibility index (Phi) is 4.02. The number of hydrogen-bond donors (Lipinski definition) is 1. The van der Waals surface area contributed by atoms with Gasteiger partial charge in [-0.05, 0) is 48.2 Å². The van der Waals surface area contributed by atoms with Crippen LogP contribution in [0.5, 0.6) is 5.75 Å². The Hall–Kier alpha value is -2.47. The highest BCUT2D eigenvalue weighted by atomic mass is 16.5. The van der Waals surface area contributed by atoms with E-state index in [1.807, 2.05) is 37.4 Å². The zero-order valence-corrected chi connectivity index (χ0v) is 12.8. The normalized spacial score (nSPS) is 15.5. The molecule has 3 heteroatoms. The number of rotatable bonds is 5. The van der Waals surface area contributed by atoms with Crippen LogP contribution in [0.3, 0.4) is 0 Å². The SMILES string of the molecule is CNc1cccc(-c2cccc(OCC3(C#N)CCC3)c2)c1. The molecule has 22 heavy (non-hydrogen) atoms. The summed E-state index contributed by atoms with van der Waals surface area (Å²) >= 11 is 0. The Balaban J connectivity index is 1.76. The summed E-state index contributed by atoms with van der Waals surface area (Å²) in [4.78, 5) is 0. The molecule has 0 unspecified atom stereocenters. The summed E-state index contributed by atoms with van der Waals surface area (Å²) < 4.78 is 5.88. The Morgan fingerprint density at radius 1 is 1.14 bits per heavy atom. The van der Waals surface area contributed by atoms with Gasteiger partial charge < -0.3 is 10.1 Å². The summed E-state index contributed by atoms with van der Waals surface area (Å²) in [6.07, 6.45) is 3.04. The van der Waals surface area contributed by atoms with Crippen LogP contribution in [-0.4, -0.2) is 13.7 Å². The summed E-state index contributed by atoms with van der Waals surface area (Å²) in [6, 6.07) is 18.8. The van der Waals surface area contributed by atoms with Crippen LogP contribution in [0.4, 0.5) is 5.69 Å². The van der Waals surface area contributed by atoms with Crippen LogP contribution in [-0.2, 0) is 0 Å². The monoisotopic (exact) mass is 292 g/mol. The number of anilines is 1. The maximum absolute atomic E-state index is 9.27. The van der Waals surface area contributed by atoms with Crippen LogP contribution in [0.2, 0.25) is 0 Å². The Morgan fingerprint density at radius 2 is 1.86 bits per heavy atom. The number of benzene rings is 2. The molecule has 0 saturated heterocycles. The van der Waals surface area contributed by atoms with Gasteiger partial charge in [-0.1, -0.05) is 30.7 Å². The third-order valence-corrected chi connectivity index (χ3v) is 4.38. The summed E-state index contributed by atoms with van der Waals surface area (Å²) in [5, 5.41) is 12.4. The minimum atomic E-state index is -0.262. The molecular weight excluding hydrogens is 272 g/mol. The minimum absolute atomic E-state index is 0.262. The lowest BCUT2D eigenvalue weighted by molar-refractivity contribution is 0.115. The number of nitrogens with zero attached hydrogens (tertiary/aromatic N) is 1. The first-order chi connectivity index (χ1) is 10.7. The largest absolute Gasteiger partial charge is 0.492 e. The van der Waals surface area contributed by atoms with Crippen LogP contribution in [0.1, 0.15) is 19.3 Å². The molecule has 0 amide bonds. The number of ether oxygens (including phenoxy) is 1. The molecule has 0 spiro atoms. The van der Waals surface area contributed by atoms with Crippen molar-refractivity contribution < 1.29 is 4.74 Å². The van der Waals surface area contributed by atoms with Crippen molar-refractivity contribution >= 4 is 5.69 Å². The number of nitriles is 1. The standard InChI is InChI=1S/C19H20N2O/c1-21-17-7-2-5-15(11-17)16-6-3-8-18(12-16)22-14-19(13-20)9-4-10-19/h2-3,5-8,11-12,21H,4,9-10,14H2,1H3. The third-order valence-electron chi connectivity index (χ3n) is 4.38. The zero-order chi connectivity index (χ0) is 15.4. The second kappa shape index (κ2) is 6.11. The fourth-order valence-electron chi connectivity index (χ4n) is 2.73. The van der Waals surface area contributed by atoms with Crippen molar-refractivity contribution in [1.29, 1.82) is 5.26 Å². The fourth-order valence-corrected chi connectivity index (χ4v) is 2.73. The predicted molar refractivity (Wildman–Crippen MR) is 88.8 cm³/mol. The van der Waals surface area contributed by atoms with Crippen molar-refractivity contribution in [2.45, 2.75) is 19.3 Å². The summed E-state index contributed by atoms with van der Waals surface area (Å²) in [7, 11) is 1.92. The van der Waals surface area contributed by atoms with E-state index in [4.69, 9.17) is 4.74 Å². The molecule has 3 nitrogen and oxygen atoms in total. The molecular formula is C19H20N2O. The lowest BCUT2D eigenvalue weighted by Gasteiger charge is -2.34. The summed E-state index contributed by atoms with van der Waals surface area (Å²) in [5.41, 5.74) is 3.09. The molecule has 1 aliphatic rings. The molecule has 3 rings (SSSR count). The van der Waals surface area contributed by atoms with Crippen molar-refractivity contribution in [1.82, 2.24) is 0 Å². The Labute approximate surface area is 131 Å². The van der Waals surface area contributed by atoms with Crippen molar-refractivity contribution in [2.75, 3.05) is 19.0 Å². The fraction of sp³-hybridized carbons (Fsp3) is 0.316. The van der Waals surface area contributed by atoms with Gasteiger partial charge in [0.15, 0.2) is 0 Å². The maximum atomic E-state index is 9.27. The van der Waals surface area contributed by atoms with Crippen LogP contribution < -0.4 is 10.1 Å². The average molecular weight is 292 g/mol. The lowest BCUT2D eigenvalue weighted by Crippen LogP contribution is -2.34. The third kappa shape index (κ3) is 2.92. The molecule has 0 atom stereocenters. The molecule has 1 saturated carbocycles. The van der Waals surface area contributed by atoms with Crippen molar-refractivity contribution in [3.05, 3.63) is 48.5 Å². The van der Waals surface area contributed by atoms with Crippen molar-refractivity contribution in [2.24, 2.45) is 5.41 Å². The summed E-state index contributed by atoms with van der Waals surface area (Å²) in [6.45, 7) is 0.490. The first-order valence-electron chi connectivity index (χ1n) is 7.67. The molecule has 1 aliphatic carbocycles. The topological polar surface area (TPSA) is 45.0 Å². The first-order valence-corrected chi connectivity index (χ1v) is 7.67. The van der Waals surface area contributed by atoms with Crippen molar-refractivity contribution in [3.8, 4) is 22.9 Å². The highest BCUT2D eigenvalue weighted by molar-refractivity contribution is 5.69. The van der Waals surface area contributed by atoms with Gasteiger partial charge in [-0.25, -0.2) is 0 Å². The highest BCUT2D eigenvalue weighted by Crippen LogP contribution is 2.40. The molecule has 1 N–H and O–H groups in total. The lowest BCUT2D eigenvalue weighted by atomic mass is 9.71. The molecule has 2 aromatic carbocycles. The quantitative estimate of drug-likeness (QED) is 0.884. The Morgan fingerprint density at radius 3 is 2.50 bits per heavy atom. The molecule has 1 fully saturated rings. The molecule has 0 heterocycles.